The largest absolute Gasteiger partial charge is 0.504 e. The summed E-state index contributed by atoms with van der Waals surface area (Å²) in [4.78, 5) is 19.1. The lowest BCUT2D eigenvalue weighted by atomic mass is 9.99. The van der Waals surface area contributed by atoms with Crippen LogP contribution in [0.25, 0.3) is 0 Å². The molecular formula is C39H48N4O4. The predicted molar refractivity (Wildman–Crippen MR) is 187 cm³/mol. The number of carbonyl (C=O) groups is 1. The Balaban J connectivity index is 1.10. The number of phenolic OH excluding ortho intramolecular Hbond substituents is 1. The van der Waals surface area contributed by atoms with Gasteiger partial charge < -0.3 is 25.6 Å². The van der Waals surface area contributed by atoms with Crippen molar-refractivity contribution in [3.63, 3.8) is 0 Å². The molecule has 0 spiro atoms. The van der Waals surface area contributed by atoms with Crippen LogP contribution >= 0.6 is 0 Å². The maximum absolute atomic E-state index is 12.4. The van der Waals surface area contributed by atoms with Crippen LogP contribution in [0.3, 0.4) is 0 Å². The van der Waals surface area contributed by atoms with Gasteiger partial charge in [0.25, 0.3) is 0 Å². The zero-order valence-corrected chi connectivity index (χ0v) is 27.4. The first-order valence-corrected chi connectivity index (χ1v) is 16.9. The van der Waals surface area contributed by atoms with E-state index >= 15 is 0 Å². The summed E-state index contributed by atoms with van der Waals surface area (Å²) in [6.07, 6.45) is 9.66. The first kappa shape index (κ1) is 34.1. The fourth-order valence-corrected chi connectivity index (χ4v) is 6.03. The predicted octanol–water partition coefficient (Wildman–Crippen LogP) is 6.13. The van der Waals surface area contributed by atoms with Crippen LogP contribution in [0, 0.1) is 0 Å². The van der Waals surface area contributed by atoms with Crippen LogP contribution in [0.5, 0.6) is 11.5 Å². The third-order valence-corrected chi connectivity index (χ3v) is 8.75. The molecule has 0 unspecified atom stereocenters. The lowest BCUT2D eigenvalue weighted by molar-refractivity contribution is -0.121. The molecule has 5 N–H and O–H groups in total. The quantitative estimate of drug-likeness (QED) is 0.0923. The normalized spacial score (nSPS) is 15.1. The van der Waals surface area contributed by atoms with Crippen molar-refractivity contribution in [2.24, 2.45) is 10.7 Å². The maximum atomic E-state index is 12.4. The Hall–Kier alpha value is -4.24. The minimum atomic E-state index is -0.567. The van der Waals surface area contributed by atoms with Crippen molar-refractivity contribution in [1.29, 1.82) is 0 Å². The van der Waals surface area contributed by atoms with Gasteiger partial charge in [0.1, 0.15) is 5.78 Å². The molecule has 3 aromatic carbocycles. The first-order chi connectivity index (χ1) is 22.9. The summed E-state index contributed by atoms with van der Waals surface area (Å²) in [6, 6.07) is 24.0. The summed E-state index contributed by atoms with van der Waals surface area (Å²) in [7, 11) is 0. The van der Waals surface area contributed by atoms with E-state index in [0.717, 1.165) is 55.5 Å². The van der Waals surface area contributed by atoms with Gasteiger partial charge in [-0.3, -0.25) is 15.1 Å². The van der Waals surface area contributed by atoms with E-state index in [-0.39, 0.29) is 30.9 Å². The van der Waals surface area contributed by atoms with Crippen LogP contribution < -0.4 is 15.8 Å². The SMILES string of the molecule is CCCCC[C@@H](O)CC(=O)CCc1ccc(O)c(OCN2C=C3N=CC(Cc4cccc([C@H](N)NCCc5ccccc5)c4)=C3C2)c1. The van der Waals surface area contributed by atoms with Crippen LogP contribution in [0.2, 0.25) is 0 Å². The zero-order valence-electron chi connectivity index (χ0n) is 27.4. The van der Waals surface area contributed by atoms with Gasteiger partial charge in [0.05, 0.1) is 18.0 Å². The standard InChI is InChI=1S/C39H48N4O4/c1-2-3-5-13-33(44)23-34(45)16-14-29-15-17-37(46)38(22-29)47-27-43-25-35-32(24-42-36(35)26-43)21-30-11-8-12-31(20-30)39(40)41-19-18-28-9-6-4-7-10-28/h4,6-12,15,17,20,22,24,26,33,39,41,44,46H,2-3,5,13-14,16,18-19,21,23,25,27,40H2,1H3/t33-,39-/m1/s1. The van der Waals surface area contributed by atoms with E-state index < -0.39 is 6.10 Å². The van der Waals surface area contributed by atoms with Crippen molar-refractivity contribution >= 4 is 12.0 Å². The summed E-state index contributed by atoms with van der Waals surface area (Å²) in [6.45, 7) is 3.85. The van der Waals surface area contributed by atoms with Crippen molar-refractivity contribution in [3.8, 4) is 11.5 Å². The number of aromatic hydroxyl groups is 1. The first-order valence-electron chi connectivity index (χ1n) is 16.9. The monoisotopic (exact) mass is 636 g/mol. The number of nitrogens with one attached hydrogen (secondary N) is 1. The van der Waals surface area contributed by atoms with E-state index in [1.807, 2.05) is 29.4 Å². The van der Waals surface area contributed by atoms with Crippen LogP contribution in [-0.2, 0) is 24.1 Å². The summed E-state index contributed by atoms with van der Waals surface area (Å²) in [5, 5.41) is 24.0. The van der Waals surface area contributed by atoms with Crippen molar-refractivity contribution in [2.75, 3.05) is 19.8 Å². The third kappa shape index (κ3) is 10.1. The molecule has 47 heavy (non-hydrogen) atoms. The third-order valence-electron chi connectivity index (χ3n) is 8.75. The van der Waals surface area contributed by atoms with Crippen LogP contribution in [-0.4, -0.2) is 53.0 Å². The molecule has 8 heteroatoms. The number of aliphatic imine (C=N–C) groups is 1. The van der Waals surface area contributed by atoms with Gasteiger partial charge in [-0.1, -0.05) is 86.8 Å². The Morgan fingerprint density at radius 3 is 2.68 bits per heavy atom. The minimum absolute atomic E-state index is 0.0504. The summed E-state index contributed by atoms with van der Waals surface area (Å²) < 4.78 is 6.02. The van der Waals surface area contributed by atoms with Crippen molar-refractivity contribution in [3.05, 3.63) is 118 Å². The van der Waals surface area contributed by atoms with E-state index in [1.165, 1.54) is 22.3 Å². The van der Waals surface area contributed by atoms with E-state index in [0.29, 0.717) is 31.6 Å². The van der Waals surface area contributed by atoms with Gasteiger partial charge in [-0.2, -0.15) is 0 Å². The molecule has 2 heterocycles. The van der Waals surface area contributed by atoms with E-state index in [4.69, 9.17) is 10.5 Å². The number of hydrogen-bond donors (Lipinski definition) is 4. The molecule has 248 valence electrons. The van der Waals surface area contributed by atoms with Crippen LogP contribution in [0.1, 0.15) is 73.9 Å². The molecule has 2 aliphatic rings. The van der Waals surface area contributed by atoms with Gasteiger partial charge in [-0.05, 0) is 65.6 Å². The number of fused-ring (bicyclic) bond motifs is 1. The molecule has 0 saturated carbocycles. The number of benzene rings is 3. The van der Waals surface area contributed by atoms with E-state index in [1.54, 1.807) is 12.1 Å². The molecule has 0 bridgehead atoms. The number of hydrogen-bond acceptors (Lipinski definition) is 8. The Morgan fingerprint density at radius 1 is 1.02 bits per heavy atom. The van der Waals surface area contributed by atoms with Gasteiger partial charge in [-0.15, -0.1) is 0 Å². The summed E-state index contributed by atoms with van der Waals surface area (Å²) in [5.41, 5.74) is 14.2. The summed E-state index contributed by atoms with van der Waals surface area (Å²) in [5.74, 6) is 0.492. The van der Waals surface area contributed by atoms with Crippen LogP contribution in [0.4, 0.5) is 0 Å². The van der Waals surface area contributed by atoms with E-state index in [2.05, 4.69) is 65.8 Å². The Morgan fingerprint density at radius 2 is 1.85 bits per heavy atom. The number of unbranched alkanes of at least 4 members (excludes halogenated alkanes) is 2. The smallest absolute Gasteiger partial charge is 0.163 e. The molecule has 0 saturated heterocycles. The number of ketones is 1. The number of phenols is 1. The number of nitrogens with two attached hydrogens (primary N) is 1. The fraction of sp³-hybridized carbons (Fsp3) is 0.385. The highest BCUT2D eigenvalue weighted by Gasteiger charge is 2.25. The number of allylic oxidation sites excluding steroid dienone is 1. The lowest BCUT2D eigenvalue weighted by Gasteiger charge is -2.18. The number of aliphatic hydroxyl groups excluding tert-OH is 1. The number of aliphatic hydroxyl groups is 1. The Kier molecular flexibility index (Phi) is 12.4. The molecule has 0 aromatic heterocycles. The lowest BCUT2D eigenvalue weighted by Crippen LogP contribution is -2.30. The molecule has 2 atom stereocenters. The molecule has 0 fully saturated rings. The number of Topliss-reactive ketones (excluding diaryl/α,β-unsaturated/α-hetero) is 1. The molecule has 8 nitrogen and oxygen atoms in total. The molecular weight excluding hydrogens is 588 g/mol. The molecule has 2 aliphatic heterocycles. The highest BCUT2D eigenvalue weighted by molar-refractivity contribution is 5.87. The number of nitrogens with zero attached hydrogens (tertiary/aromatic N) is 2. The molecule has 5 rings (SSSR count). The van der Waals surface area contributed by atoms with Gasteiger partial charge in [-0.25, -0.2) is 0 Å². The Labute approximate surface area is 278 Å². The Bertz CT molecular complexity index is 1580. The van der Waals surface area contributed by atoms with Crippen molar-refractivity contribution in [2.45, 2.75) is 77.0 Å². The average molecular weight is 637 g/mol. The van der Waals surface area contributed by atoms with Gasteiger partial charge in [0, 0.05) is 43.9 Å². The highest BCUT2D eigenvalue weighted by atomic mass is 16.5. The fourth-order valence-electron chi connectivity index (χ4n) is 6.03. The maximum Gasteiger partial charge on any atom is 0.163 e. The average Bonchev–Trinajstić information content (AvgIpc) is 3.65. The van der Waals surface area contributed by atoms with Gasteiger partial charge >= 0.3 is 0 Å². The second-order valence-corrected chi connectivity index (χ2v) is 12.6. The number of rotatable bonds is 19. The van der Waals surface area contributed by atoms with Crippen LogP contribution in [0.15, 0.2) is 101 Å². The van der Waals surface area contributed by atoms with Crippen molar-refractivity contribution < 1.29 is 19.7 Å². The number of ether oxygens (including phenoxy) is 1. The zero-order chi connectivity index (χ0) is 33.0. The molecule has 3 aromatic rings. The summed E-state index contributed by atoms with van der Waals surface area (Å²) >= 11 is 0. The molecule has 0 amide bonds. The van der Waals surface area contributed by atoms with Crippen molar-refractivity contribution in [1.82, 2.24) is 10.2 Å². The molecule has 0 radical (unpaired) electrons. The second kappa shape index (κ2) is 17.1. The number of aryl methyl sites for hydroxylation is 1. The topological polar surface area (TPSA) is 120 Å². The van der Waals surface area contributed by atoms with Gasteiger partial charge in [0.15, 0.2) is 18.2 Å². The molecule has 0 aliphatic carbocycles. The minimum Gasteiger partial charge on any atom is -0.504 e. The van der Waals surface area contributed by atoms with E-state index in [9.17, 15) is 15.0 Å². The van der Waals surface area contributed by atoms with Gasteiger partial charge in [0.2, 0.25) is 0 Å². The number of carbonyl (C=O) groups excluding carboxylic acids is 1. The highest BCUT2D eigenvalue weighted by Crippen LogP contribution is 2.32. The second-order valence-electron chi connectivity index (χ2n) is 12.6.